The summed E-state index contributed by atoms with van der Waals surface area (Å²) < 4.78 is 0. The fraction of sp³-hybridized carbons (Fsp3) is 0.389. The summed E-state index contributed by atoms with van der Waals surface area (Å²) in [4.78, 5) is 26.8. The van der Waals surface area contributed by atoms with Crippen molar-refractivity contribution in [3.05, 3.63) is 53.3 Å². The maximum atomic E-state index is 13.0. The number of amides is 2. The third kappa shape index (κ3) is 2.91. The zero-order valence-electron chi connectivity index (χ0n) is 13.4. The Morgan fingerprint density at radius 3 is 2.75 bits per heavy atom. The van der Waals surface area contributed by atoms with E-state index in [9.17, 15) is 9.59 Å². The van der Waals surface area contributed by atoms with Gasteiger partial charge in [-0.05, 0) is 24.5 Å². The zero-order chi connectivity index (χ0) is 16.5. The minimum atomic E-state index is -0.262. The normalized spacial score (nSPS) is 21.2. The second kappa shape index (κ2) is 6.11. The molecule has 2 aliphatic rings. The Morgan fingerprint density at radius 1 is 1.21 bits per heavy atom. The number of carbonyl (C=O) groups excluding carboxylic acids is 2. The number of aromatic nitrogens is 2. The van der Waals surface area contributed by atoms with Crippen LogP contribution in [0.5, 0.6) is 0 Å². The van der Waals surface area contributed by atoms with E-state index in [1.165, 1.54) is 0 Å². The summed E-state index contributed by atoms with van der Waals surface area (Å²) in [6.07, 6.45) is 2.59. The zero-order valence-corrected chi connectivity index (χ0v) is 13.4. The van der Waals surface area contributed by atoms with Crippen LogP contribution in [0, 0.1) is 0 Å². The number of nitrogens with one attached hydrogen (secondary N) is 2. The lowest BCUT2D eigenvalue weighted by molar-refractivity contribution is -0.121. The SMILES string of the molecule is O=C1C[C@@H](c2ccccc2)N(C(=O)c2cc(C3CC3)[nH]n2)CCN1. The third-order valence-electron chi connectivity index (χ3n) is 4.71. The molecule has 6 heteroatoms. The Hall–Kier alpha value is -2.63. The van der Waals surface area contributed by atoms with Crippen LogP contribution in [0.1, 0.15) is 53.0 Å². The first-order valence-electron chi connectivity index (χ1n) is 8.40. The molecule has 2 N–H and O–H groups in total. The molecule has 1 saturated carbocycles. The predicted molar refractivity (Wildman–Crippen MR) is 88.4 cm³/mol. The van der Waals surface area contributed by atoms with Gasteiger partial charge in [-0.25, -0.2) is 0 Å². The molecule has 0 radical (unpaired) electrons. The van der Waals surface area contributed by atoms with Crippen molar-refractivity contribution in [2.24, 2.45) is 0 Å². The molecule has 1 aliphatic carbocycles. The van der Waals surface area contributed by atoms with E-state index < -0.39 is 0 Å². The molecular formula is C18H20N4O2. The van der Waals surface area contributed by atoms with E-state index in [1.54, 1.807) is 4.90 Å². The summed E-state index contributed by atoms with van der Waals surface area (Å²) in [5.41, 5.74) is 2.45. The Labute approximate surface area is 140 Å². The largest absolute Gasteiger partial charge is 0.354 e. The fourth-order valence-corrected chi connectivity index (χ4v) is 3.24. The van der Waals surface area contributed by atoms with Crippen LogP contribution in [0.15, 0.2) is 36.4 Å². The van der Waals surface area contributed by atoms with Gasteiger partial charge in [0.05, 0.1) is 12.5 Å². The molecule has 1 saturated heterocycles. The number of hydrogen-bond donors (Lipinski definition) is 2. The van der Waals surface area contributed by atoms with Gasteiger partial charge in [-0.1, -0.05) is 30.3 Å². The third-order valence-corrected chi connectivity index (χ3v) is 4.71. The maximum absolute atomic E-state index is 13.0. The summed E-state index contributed by atoms with van der Waals surface area (Å²) in [5, 5.41) is 10.0. The Bertz CT molecular complexity index is 751. The Kier molecular flexibility index (Phi) is 3.80. The van der Waals surface area contributed by atoms with Gasteiger partial charge in [-0.3, -0.25) is 14.7 Å². The molecule has 1 aromatic heterocycles. The molecule has 0 unspecified atom stereocenters. The van der Waals surface area contributed by atoms with Crippen LogP contribution in [-0.4, -0.2) is 40.0 Å². The van der Waals surface area contributed by atoms with Gasteiger partial charge in [0.1, 0.15) is 5.69 Å². The average molecular weight is 324 g/mol. The van der Waals surface area contributed by atoms with Crippen molar-refractivity contribution < 1.29 is 9.59 Å². The second-order valence-electron chi connectivity index (χ2n) is 6.46. The molecular weight excluding hydrogens is 304 g/mol. The lowest BCUT2D eigenvalue weighted by Crippen LogP contribution is -2.36. The first-order valence-corrected chi connectivity index (χ1v) is 8.40. The number of nitrogens with zero attached hydrogens (tertiary/aromatic N) is 2. The van der Waals surface area contributed by atoms with Crippen LogP contribution in [-0.2, 0) is 4.79 Å². The highest BCUT2D eigenvalue weighted by molar-refractivity contribution is 5.93. The second-order valence-corrected chi connectivity index (χ2v) is 6.46. The van der Waals surface area contributed by atoms with Crippen LogP contribution in [0.3, 0.4) is 0 Å². The number of carbonyl (C=O) groups is 2. The van der Waals surface area contributed by atoms with E-state index in [-0.39, 0.29) is 24.3 Å². The number of aromatic amines is 1. The van der Waals surface area contributed by atoms with E-state index in [0.717, 1.165) is 24.1 Å². The number of hydrogen-bond acceptors (Lipinski definition) is 3. The van der Waals surface area contributed by atoms with Crippen molar-refractivity contribution in [2.45, 2.75) is 31.2 Å². The molecule has 0 bridgehead atoms. The smallest absolute Gasteiger partial charge is 0.274 e. The van der Waals surface area contributed by atoms with Crippen LogP contribution >= 0.6 is 0 Å². The van der Waals surface area contributed by atoms with Crippen LogP contribution in [0.4, 0.5) is 0 Å². The highest BCUT2D eigenvalue weighted by Crippen LogP contribution is 2.39. The molecule has 24 heavy (non-hydrogen) atoms. The molecule has 0 spiro atoms. The van der Waals surface area contributed by atoms with Gasteiger partial charge >= 0.3 is 0 Å². The first-order chi connectivity index (χ1) is 11.7. The van der Waals surface area contributed by atoms with Gasteiger partial charge in [-0.15, -0.1) is 0 Å². The molecule has 1 atom stereocenters. The van der Waals surface area contributed by atoms with Crippen LogP contribution in [0.2, 0.25) is 0 Å². The molecule has 2 amide bonds. The Morgan fingerprint density at radius 2 is 2.00 bits per heavy atom. The monoisotopic (exact) mass is 324 g/mol. The van der Waals surface area contributed by atoms with E-state index in [0.29, 0.717) is 24.7 Å². The summed E-state index contributed by atoms with van der Waals surface area (Å²) in [6.45, 7) is 0.948. The van der Waals surface area contributed by atoms with Gasteiger partial charge in [0, 0.05) is 24.7 Å². The molecule has 2 aromatic rings. The van der Waals surface area contributed by atoms with Crippen molar-refractivity contribution in [2.75, 3.05) is 13.1 Å². The molecule has 2 fully saturated rings. The van der Waals surface area contributed by atoms with Gasteiger partial charge in [-0.2, -0.15) is 5.10 Å². The summed E-state index contributed by atoms with van der Waals surface area (Å²) >= 11 is 0. The van der Waals surface area contributed by atoms with Gasteiger partial charge in [0.25, 0.3) is 5.91 Å². The first kappa shape index (κ1) is 14.9. The van der Waals surface area contributed by atoms with Crippen LogP contribution in [0.25, 0.3) is 0 Å². The maximum Gasteiger partial charge on any atom is 0.274 e. The minimum Gasteiger partial charge on any atom is -0.354 e. The summed E-state index contributed by atoms with van der Waals surface area (Å²) in [5.74, 6) is 0.375. The van der Waals surface area contributed by atoms with Crippen molar-refractivity contribution in [3.8, 4) is 0 Å². The van der Waals surface area contributed by atoms with Gasteiger partial charge in [0.15, 0.2) is 0 Å². The van der Waals surface area contributed by atoms with E-state index in [2.05, 4.69) is 15.5 Å². The topological polar surface area (TPSA) is 78.1 Å². The van der Waals surface area contributed by atoms with E-state index in [1.807, 2.05) is 36.4 Å². The van der Waals surface area contributed by atoms with E-state index >= 15 is 0 Å². The minimum absolute atomic E-state index is 0.0279. The van der Waals surface area contributed by atoms with Crippen molar-refractivity contribution >= 4 is 11.8 Å². The van der Waals surface area contributed by atoms with Gasteiger partial charge in [0.2, 0.25) is 5.91 Å². The quantitative estimate of drug-likeness (QED) is 0.906. The van der Waals surface area contributed by atoms with Crippen molar-refractivity contribution in [3.63, 3.8) is 0 Å². The fourth-order valence-electron chi connectivity index (χ4n) is 3.24. The molecule has 1 aromatic carbocycles. The highest BCUT2D eigenvalue weighted by atomic mass is 16.2. The van der Waals surface area contributed by atoms with Gasteiger partial charge < -0.3 is 10.2 Å². The van der Waals surface area contributed by atoms with Crippen molar-refractivity contribution in [1.82, 2.24) is 20.4 Å². The molecule has 124 valence electrons. The van der Waals surface area contributed by atoms with E-state index in [4.69, 9.17) is 0 Å². The number of benzene rings is 1. The molecule has 1 aliphatic heterocycles. The lowest BCUT2D eigenvalue weighted by atomic mass is 10.0. The standard InChI is InChI=1S/C18H20N4O2/c23-17-11-16(13-4-2-1-3-5-13)22(9-8-19-17)18(24)15-10-14(20-21-15)12-6-7-12/h1-5,10,12,16H,6-9,11H2,(H,19,23)(H,20,21)/t16-/m0/s1. The lowest BCUT2D eigenvalue weighted by Gasteiger charge is -2.28. The highest BCUT2D eigenvalue weighted by Gasteiger charge is 2.32. The number of H-pyrrole nitrogens is 1. The molecule has 6 nitrogen and oxygen atoms in total. The average Bonchev–Trinajstić information content (AvgIpc) is 3.37. The van der Waals surface area contributed by atoms with Crippen molar-refractivity contribution in [1.29, 1.82) is 0 Å². The molecule has 2 heterocycles. The summed E-state index contributed by atoms with van der Waals surface area (Å²) in [6, 6.07) is 11.3. The summed E-state index contributed by atoms with van der Waals surface area (Å²) in [7, 11) is 0. The predicted octanol–water partition coefficient (Wildman–Crippen LogP) is 1.99. The molecule has 4 rings (SSSR count). The number of rotatable bonds is 3. The Balaban J connectivity index is 1.63. The van der Waals surface area contributed by atoms with Crippen LogP contribution < -0.4 is 5.32 Å².